The lowest BCUT2D eigenvalue weighted by Crippen LogP contribution is -2.05. The molecular weight excluding hydrogens is 127 g/mol. The Morgan fingerprint density at radius 2 is 2.50 bits per heavy atom. The zero-order valence-corrected chi connectivity index (χ0v) is 5.24. The Morgan fingerprint density at radius 1 is 1.88 bits per heavy atom. The molecule has 3 nitrogen and oxygen atoms in total. The molecule has 1 atom stereocenters. The summed E-state index contributed by atoms with van der Waals surface area (Å²) in [6, 6.07) is 0. The molecular formula is C4H5O3P. The Kier molecular flexibility index (Phi) is 4.24. The Labute approximate surface area is 49.6 Å². The fourth-order valence-electron chi connectivity index (χ4n) is 0.163. The first kappa shape index (κ1) is 7.42. The fourth-order valence-corrected chi connectivity index (χ4v) is 0.299. The molecule has 0 saturated heterocycles. The predicted molar refractivity (Wildman–Crippen MR) is 30.6 cm³/mol. The van der Waals surface area contributed by atoms with Crippen LogP contribution in [0, 0.1) is 12.5 Å². The van der Waals surface area contributed by atoms with Gasteiger partial charge in [-0.1, -0.05) is 6.42 Å². The van der Waals surface area contributed by atoms with Gasteiger partial charge in [0.2, 0.25) is 0 Å². The van der Waals surface area contributed by atoms with Crippen LogP contribution >= 0.6 is 9.47 Å². The van der Waals surface area contributed by atoms with Crippen LogP contribution in [0.15, 0.2) is 0 Å². The van der Waals surface area contributed by atoms with E-state index in [0.717, 1.165) is 0 Å². The number of rotatable bonds is 2. The van der Waals surface area contributed by atoms with Gasteiger partial charge >= 0.3 is 5.97 Å². The highest BCUT2D eigenvalue weighted by atomic mass is 31.0. The van der Waals surface area contributed by atoms with E-state index in [-0.39, 0.29) is 6.61 Å². The molecule has 8 heavy (non-hydrogen) atoms. The van der Waals surface area contributed by atoms with E-state index in [1.54, 1.807) is 6.11 Å². The van der Waals surface area contributed by atoms with E-state index in [2.05, 4.69) is 15.7 Å². The van der Waals surface area contributed by atoms with Crippen molar-refractivity contribution in [3.05, 3.63) is 0 Å². The second-order valence-electron chi connectivity index (χ2n) is 0.903. The Morgan fingerprint density at radius 3 is 2.88 bits per heavy atom. The van der Waals surface area contributed by atoms with E-state index in [4.69, 9.17) is 0 Å². The summed E-state index contributed by atoms with van der Waals surface area (Å²) in [6.07, 6.45) is 6.32. The van der Waals surface area contributed by atoms with Crippen molar-refractivity contribution in [1.82, 2.24) is 0 Å². The average Bonchev–Trinajstić information content (AvgIpc) is 1.68. The van der Waals surface area contributed by atoms with Gasteiger partial charge in [-0.3, -0.25) is 0 Å². The summed E-state index contributed by atoms with van der Waals surface area (Å²) < 4.78 is 8.34. The summed E-state index contributed by atoms with van der Waals surface area (Å²) in [6.45, 7) is -0.130. The molecule has 0 saturated carbocycles. The molecule has 0 radical (unpaired) electrons. The lowest BCUT2D eigenvalue weighted by Gasteiger charge is -1.90. The first-order chi connectivity index (χ1) is 3.81. The van der Waals surface area contributed by atoms with Crippen LogP contribution in [-0.2, 0) is 14.1 Å². The van der Waals surface area contributed by atoms with Crippen molar-refractivity contribution in [3.8, 4) is 12.5 Å². The van der Waals surface area contributed by atoms with E-state index >= 15 is 0 Å². The van der Waals surface area contributed by atoms with Crippen LogP contribution in [0.3, 0.4) is 0 Å². The van der Waals surface area contributed by atoms with Crippen LogP contribution in [0.5, 0.6) is 0 Å². The summed E-state index contributed by atoms with van der Waals surface area (Å²) >= 11 is 0. The highest BCUT2D eigenvalue weighted by Crippen LogP contribution is 1.84. The third kappa shape index (κ3) is 3.60. The third-order valence-electron chi connectivity index (χ3n) is 0.374. The van der Waals surface area contributed by atoms with Crippen molar-refractivity contribution in [2.75, 3.05) is 6.61 Å². The molecule has 0 heterocycles. The predicted octanol–water partition coefficient (Wildman–Crippen LogP) is -0.0730. The molecule has 0 bridgehead atoms. The molecule has 0 aliphatic carbocycles. The maximum atomic E-state index is 10.1. The quantitative estimate of drug-likeness (QED) is 0.299. The number of hydrogen-bond donors (Lipinski definition) is 0. The summed E-state index contributed by atoms with van der Waals surface area (Å²) in [7, 11) is 1.90. The topological polar surface area (TPSA) is 35.5 Å². The number of carbonyl (C=O) groups excluding carboxylic acids is 1. The van der Waals surface area contributed by atoms with Gasteiger partial charge in [0, 0.05) is 9.47 Å². The summed E-state index contributed by atoms with van der Waals surface area (Å²) in [5, 5.41) is 0. The third-order valence-corrected chi connectivity index (χ3v) is 0.541. The van der Waals surface area contributed by atoms with Crippen molar-refractivity contribution in [3.63, 3.8) is 0 Å². The van der Waals surface area contributed by atoms with Gasteiger partial charge < -0.3 is 9.26 Å². The highest BCUT2D eigenvalue weighted by molar-refractivity contribution is 7.09. The average molecular weight is 132 g/mol. The van der Waals surface area contributed by atoms with E-state index < -0.39 is 5.97 Å². The largest absolute Gasteiger partial charge is 0.371 e. The van der Waals surface area contributed by atoms with E-state index in [1.807, 2.05) is 9.47 Å². The number of ether oxygens (including phenoxy) is 1. The van der Waals surface area contributed by atoms with Crippen LogP contribution in [0.2, 0.25) is 0 Å². The molecule has 44 valence electrons. The molecule has 4 heteroatoms. The standard InChI is InChI=1S/C4H5O3P/c1-2-6-4(5)3-7-8/h1H,3,8H2. The molecule has 0 amide bonds. The Hall–Kier alpha value is -0.580. The minimum Gasteiger partial charge on any atom is -0.371 e. The molecule has 0 rings (SSSR count). The van der Waals surface area contributed by atoms with E-state index in [1.165, 1.54) is 0 Å². The zero-order chi connectivity index (χ0) is 6.41. The number of terminal acetylenes is 1. The van der Waals surface area contributed by atoms with E-state index in [9.17, 15) is 4.79 Å². The smallest absolute Gasteiger partial charge is 0.346 e. The Bertz CT molecular complexity index is 115. The molecule has 0 fully saturated rings. The number of carbonyl (C=O) groups is 1. The molecule has 0 aromatic heterocycles. The van der Waals surface area contributed by atoms with Crippen molar-refractivity contribution in [2.24, 2.45) is 0 Å². The molecule has 0 aliphatic heterocycles. The summed E-state index contributed by atoms with van der Waals surface area (Å²) in [4.78, 5) is 10.1. The van der Waals surface area contributed by atoms with Crippen LogP contribution in [0.25, 0.3) is 0 Å². The van der Waals surface area contributed by atoms with Gasteiger partial charge in [0.1, 0.15) is 12.7 Å². The maximum absolute atomic E-state index is 10.1. The lowest BCUT2D eigenvalue weighted by atomic mass is 10.7. The monoisotopic (exact) mass is 132 g/mol. The van der Waals surface area contributed by atoms with Gasteiger partial charge in [0.05, 0.1) is 0 Å². The van der Waals surface area contributed by atoms with Crippen LogP contribution in [0.1, 0.15) is 0 Å². The van der Waals surface area contributed by atoms with Gasteiger partial charge in [-0.25, -0.2) is 4.79 Å². The fraction of sp³-hybridized carbons (Fsp3) is 0.250. The molecule has 0 aromatic carbocycles. The molecule has 0 spiro atoms. The molecule has 0 aliphatic rings. The zero-order valence-electron chi connectivity index (χ0n) is 4.09. The maximum Gasteiger partial charge on any atom is 0.346 e. The van der Waals surface area contributed by atoms with Gasteiger partial charge in [-0.15, -0.1) is 0 Å². The summed E-state index contributed by atoms with van der Waals surface area (Å²) in [5.74, 6) is -0.567. The number of esters is 1. The van der Waals surface area contributed by atoms with Gasteiger partial charge in [0.25, 0.3) is 0 Å². The second kappa shape index (κ2) is 4.58. The Balaban J connectivity index is 3.23. The highest BCUT2D eigenvalue weighted by Gasteiger charge is 1.96. The van der Waals surface area contributed by atoms with Crippen LogP contribution in [-0.4, -0.2) is 12.6 Å². The molecule has 1 unspecified atom stereocenters. The van der Waals surface area contributed by atoms with Crippen molar-refractivity contribution in [1.29, 1.82) is 0 Å². The van der Waals surface area contributed by atoms with Crippen molar-refractivity contribution in [2.45, 2.75) is 0 Å². The van der Waals surface area contributed by atoms with Gasteiger partial charge in [-0.05, 0) is 0 Å². The van der Waals surface area contributed by atoms with E-state index in [0.29, 0.717) is 0 Å². The van der Waals surface area contributed by atoms with Crippen molar-refractivity contribution < 1.29 is 14.1 Å². The molecule has 0 N–H and O–H groups in total. The van der Waals surface area contributed by atoms with Gasteiger partial charge in [-0.2, -0.15) is 0 Å². The second-order valence-corrected chi connectivity index (χ2v) is 1.24. The van der Waals surface area contributed by atoms with Crippen LogP contribution in [0.4, 0.5) is 0 Å². The molecule has 0 aromatic rings. The SMILES string of the molecule is C#COC(=O)COP. The van der Waals surface area contributed by atoms with Crippen molar-refractivity contribution >= 4 is 15.4 Å². The minimum atomic E-state index is -0.567. The lowest BCUT2D eigenvalue weighted by molar-refractivity contribution is -0.138. The first-order valence-electron chi connectivity index (χ1n) is 1.78. The normalized spacial score (nSPS) is 7.50. The van der Waals surface area contributed by atoms with Crippen LogP contribution < -0.4 is 0 Å². The summed E-state index contributed by atoms with van der Waals surface area (Å²) in [5.41, 5.74) is 0. The first-order valence-corrected chi connectivity index (χ1v) is 2.25. The minimum absolute atomic E-state index is 0.130. The van der Waals surface area contributed by atoms with Gasteiger partial charge in [0.15, 0.2) is 0 Å². The number of hydrogen-bond acceptors (Lipinski definition) is 3.